The molecule has 1 aromatic rings. The maximum Gasteiger partial charge on any atom is 0.331 e. The topological polar surface area (TPSA) is 114 Å². The first-order valence-electron chi connectivity index (χ1n) is 7.14. The summed E-state index contributed by atoms with van der Waals surface area (Å²) in [7, 11) is 1.41. The smallest absolute Gasteiger partial charge is 0.331 e. The average Bonchev–Trinajstić information content (AvgIpc) is 2.51. The van der Waals surface area contributed by atoms with Crippen LogP contribution in [0.3, 0.4) is 0 Å². The summed E-state index contributed by atoms with van der Waals surface area (Å²) >= 11 is 0. The number of imide groups is 1. The van der Waals surface area contributed by atoms with Gasteiger partial charge in [-0.2, -0.15) is 0 Å². The van der Waals surface area contributed by atoms with E-state index in [1.54, 1.807) is 19.9 Å². The molecule has 0 radical (unpaired) electrons. The predicted molar refractivity (Wildman–Crippen MR) is 86.5 cm³/mol. The lowest BCUT2D eigenvalue weighted by Gasteiger charge is -2.08. The molecule has 0 atom stereocenters. The van der Waals surface area contributed by atoms with Crippen molar-refractivity contribution in [2.75, 3.05) is 13.7 Å². The van der Waals surface area contributed by atoms with E-state index in [0.29, 0.717) is 5.56 Å². The van der Waals surface area contributed by atoms with Gasteiger partial charge in [0.05, 0.1) is 7.11 Å². The van der Waals surface area contributed by atoms with Crippen molar-refractivity contribution < 1.29 is 29.0 Å². The molecule has 0 saturated heterocycles. The molecule has 0 bridgehead atoms. The van der Waals surface area contributed by atoms with E-state index >= 15 is 0 Å². The normalized spacial score (nSPS) is 10.5. The summed E-state index contributed by atoms with van der Waals surface area (Å²) in [4.78, 5) is 34.2. The zero-order valence-electron chi connectivity index (χ0n) is 13.7. The van der Waals surface area contributed by atoms with Gasteiger partial charge in [-0.1, -0.05) is 6.07 Å². The van der Waals surface area contributed by atoms with Crippen molar-refractivity contribution >= 4 is 24.0 Å². The van der Waals surface area contributed by atoms with Crippen molar-refractivity contribution in [3.05, 3.63) is 29.8 Å². The van der Waals surface area contributed by atoms with Crippen LogP contribution in [-0.4, -0.2) is 42.8 Å². The van der Waals surface area contributed by atoms with E-state index in [0.717, 1.165) is 6.08 Å². The number of amides is 3. The Labute approximate surface area is 139 Å². The van der Waals surface area contributed by atoms with E-state index in [-0.39, 0.29) is 17.5 Å². The van der Waals surface area contributed by atoms with Gasteiger partial charge in [-0.25, -0.2) is 9.59 Å². The standard InChI is InChI=1S/C16H20N2O6/c1-10(2)17-16(22)18-14(20)9-24-15(21)7-5-11-4-6-12(19)13(8-11)23-3/h4-8,10,19H,9H2,1-3H3,(H2,17,18,20,22)/b7-5+. The molecule has 3 N–H and O–H groups in total. The lowest BCUT2D eigenvalue weighted by atomic mass is 10.2. The van der Waals surface area contributed by atoms with Crippen molar-refractivity contribution in [1.29, 1.82) is 0 Å². The Morgan fingerprint density at radius 3 is 2.62 bits per heavy atom. The number of carbonyl (C=O) groups is 3. The molecule has 0 fully saturated rings. The van der Waals surface area contributed by atoms with E-state index in [1.807, 2.05) is 5.32 Å². The third-order valence-corrected chi connectivity index (χ3v) is 2.63. The van der Waals surface area contributed by atoms with E-state index in [1.165, 1.54) is 25.3 Å². The van der Waals surface area contributed by atoms with Crippen LogP contribution in [0.15, 0.2) is 24.3 Å². The van der Waals surface area contributed by atoms with Gasteiger partial charge < -0.3 is 19.9 Å². The van der Waals surface area contributed by atoms with Crippen LogP contribution >= 0.6 is 0 Å². The number of benzene rings is 1. The zero-order chi connectivity index (χ0) is 18.1. The van der Waals surface area contributed by atoms with Crippen LogP contribution in [-0.2, 0) is 14.3 Å². The Morgan fingerprint density at radius 2 is 2.00 bits per heavy atom. The summed E-state index contributed by atoms with van der Waals surface area (Å²) in [6.45, 7) is 2.91. The number of esters is 1. The van der Waals surface area contributed by atoms with Crippen LogP contribution in [0.2, 0.25) is 0 Å². The molecule has 0 aliphatic rings. The van der Waals surface area contributed by atoms with Crippen molar-refractivity contribution in [2.24, 2.45) is 0 Å². The average molecular weight is 336 g/mol. The molecule has 1 aromatic carbocycles. The van der Waals surface area contributed by atoms with Crippen LogP contribution in [0.4, 0.5) is 4.79 Å². The number of rotatable bonds is 6. The van der Waals surface area contributed by atoms with Gasteiger partial charge in [0.1, 0.15) is 0 Å². The van der Waals surface area contributed by atoms with Gasteiger partial charge in [0, 0.05) is 12.1 Å². The third-order valence-electron chi connectivity index (χ3n) is 2.63. The number of methoxy groups -OCH3 is 1. The Kier molecular flexibility index (Phi) is 7.28. The number of ether oxygens (including phenoxy) is 2. The molecule has 0 spiro atoms. The molecule has 3 amide bonds. The number of urea groups is 1. The van der Waals surface area contributed by atoms with Gasteiger partial charge in [-0.05, 0) is 37.6 Å². The number of phenols is 1. The minimum Gasteiger partial charge on any atom is -0.504 e. The molecule has 0 aromatic heterocycles. The van der Waals surface area contributed by atoms with Crippen molar-refractivity contribution in [2.45, 2.75) is 19.9 Å². The molecule has 0 saturated carbocycles. The number of aromatic hydroxyl groups is 1. The summed E-state index contributed by atoms with van der Waals surface area (Å²) < 4.78 is 9.66. The van der Waals surface area contributed by atoms with Crippen LogP contribution in [0.1, 0.15) is 19.4 Å². The minimum atomic E-state index is -0.749. The summed E-state index contributed by atoms with van der Waals surface area (Å²) in [6.07, 6.45) is 2.56. The van der Waals surface area contributed by atoms with E-state index in [2.05, 4.69) is 5.32 Å². The maximum atomic E-state index is 11.5. The van der Waals surface area contributed by atoms with Crippen LogP contribution in [0, 0.1) is 0 Å². The number of carbonyl (C=O) groups excluding carboxylic acids is 3. The van der Waals surface area contributed by atoms with Gasteiger partial charge in [0.15, 0.2) is 18.1 Å². The molecule has 0 heterocycles. The van der Waals surface area contributed by atoms with Gasteiger partial charge >= 0.3 is 12.0 Å². The highest BCUT2D eigenvalue weighted by Crippen LogP contribution is 2.26. The van der Waals surface area contributed by atoms with Gasteiger partial charge in [0.2, 0.25) is 0 Å². The number of nitrogens with one attached hydrogen (secondary N) is 2. The van der Waals surface area contributed by atoms with E-state index in [4.69, 9.17) is 9.47 Å². The van der Waals surface area contributed by atoms with Crippen LogP contribution in [0.25, 0.3) is 6.08 Å². The fraction of sp³-hybridized carbons (Fsp3) is 0.312. The monoisotopic (exact) mass is 336 g/mol. The molecule has 0 aliphatic heterocycles. The lowest BCUT2D eigenvalue weighted by Crippen LogP contribution is -2.43. The number of phenolic OH excluding ortho intramolecular Hbond substituents is 1. The second-order valence-corrected chi connectivity index (χ2v) is 5.05. The Bertz CT molecular complexity index is 639. The second-order valence-electron chi connectivity index (χ2n) is 5.05. The highest BCUT2D eigenvalue weighted by atomic mass is 16.5. The van der Waals surface area contributed by atoms with Crippen LogP contribution in [0.5, 0.6) is 11.5 Å². The summed E-state index contributed by atoms with van der Waals surface area (Å²) in [5.74, 6) is -1.24. The molecule has 1 rings (SSSR count). The van der Waals surface area contributed by atoms with Gasteiger partial charge in [0.25, 0.3) is 5.91 Å². The quantitative estimate of drug-likeness (QED) is 0.531. The third kappa shape index (κ3) is 6.82. The fourth-order valence-corrected chi connectivity index (χ4v) is 1.61. The van der Waals surface area contributed by atoms with Crippen molar-refractivity contribution in [3.8, 4) is 11.5 Å². The molecule has 24 heavy (non-hydrogen) atoms. The Hall–Kier alpha value is -3.03. The lowest BCUT2D eigenvalue weighted by molar-refractivity contribution is -0.143. The second kappa shape index (κ2) is 9.19. The minimum absolute atomic E-state index is 0.0198. The van der Waals surface area contributed by atoms with Crippen molar-refractivity contribution in [3.63, 3.8) is 0 Å². The number of hydrogen-bond donors (Lipinski definition) is 3. The summed E-state index contributed by atoms with van der Waals surface area (Å²) in [5, 5.41) is 14.0. The molecule has 0 aliphatic carbocycles. The first-order chi connectivity index (χ1) is 11.3. The maximum absolute atomic E-state index is 11.5. The molecule has 8 nitrogen and oxygen atoms in total. The van der Waals surface area contributed by atoms with E-state index in [9.17, 15) is 19.5 Å². The number of hydrogen-bond acceptors (Lipinski definition) is 6. The zero-order valence-corrected chi connectivity index (χ0v) is 13.7. The highest BCUT2D eigenvalue weighted by Gasteiger charge is 2.10. The predicted octanol–water partition coefficient (Wildman–Crippen LogP) is 1.19. The SMILES string of the molecule is COc1cc(/C=C/C(=O)OCC(=O)NC(=O)NC(C)C)ccc1O. The highest BCUT2D eigenvalue weighted by molar-refractivity contribution is 5.96. The Balaban J connectivity index is 2.46. The largest absolute Gasteiger partial charge is 0.504 e. The molecule has 130 valence electrons. The van der Waals surface area contributed by atoms with Gasteiger partial charge in [-0.3, -0.25) is 10.1 Å². The summed E-state index contributed by atoms with van der Waals surface area (Å²) in [5.41, 5.74) is 0.599. The van der Waals surface area contributed by atoms with Crippen molar-refractivity contribution in [1.82, 2.24) is 10.6 Å². The molecule has 0 unspecified atom stereocenters. The first kappa shape index (κ1) is 19.0. The Morgan fingerprint density at radius 1 is 1.29 bits per heavy atom. The summed E-state index contributed by atoms with van der Waals surface area (Å²) in [6, 6.07) is 3.75. The van der Waals surface area contributed by atoms with Gasteiger partial charge in [-0.15, -0.1) is 0 Å². The fourth-order valence-electron chi connectivity index (χ4n) is 1.61. The molecular weight excluding hydrogens is 316 g/mol. The van der Waals surface area contributed by atoms with E-state index < -0.39 is 24.5 Å². The molecular formula is C16H20N2O6. The molecule has 8 heteroatoms. The first-order valence-corrected chi connectivity index (χ1v) is 7.14. The van der Waals surface area contributed by atoms with Crippen LogP contribution < -0.4 is 15.4 Å².